The van der Waals surface area contributed by atoms with Crippen LogP contribution in [0.3, 0.4) is 0 Å². The van der Waals surface area contributed by atoms with Crippen molar-refractivity contribution in [3.8, 4) is 22.9 Å². The molecule has 176 valence electrons. The van der Waals surface area contributed by atoms with E-state index >= 15 is 0 Å². The van der Waals surface area contributed by atoms with Crippen molar-refractivity contribution in [2.24, 2.45) is 0 Å². The molecule has 4 aromatic rings. The van der Waals surface area contributed by atoms with Crippen LogP contribution in [0.1, 0.15) is 35.8 Å². The summed E-state index contributed by atoms with van der Waals surface area (Å²) in [7, 11) is 0. The molecule has 0 radical (unpaired) electrons. The third-order valence-electron chi connectivity index (χ3n) is 6.31. The first-order chi connectivity index (χ1) is 16.5. The summed E-state index contributed by atoms with van der Waals surface area (Å²) >= 11 is 0. The minimum atomic E-state index is -2.80. The Hall–Kier alpha value is -3.52. The molecule has 0 unspecified atom stereocenters. The standard InChI is InChI=1S/C26H26F2N4O2/c1-18-24(30-25(33-18)21-3-7-22(8-4-21)32-14-2-13-29-32)17-31-15-11-20(12-16-31)19-5-9-23(10-6-19)34-26(27)28/h2-10,13-14,20,26H,11-12,15-17H2,1H3. The lowest BCUT2D eigenvalue weighted by Crippen LogP contribution is -2.32. The first-order valence-electron chi connectivity index (χ1n) is 11.4. The average molecular weight is 465 g/mol. The highest BCUT2D eigenvalue weighted by Gasteiger charge is 2.23. The highest BCUT2D eigenvalue weighted by Crippen LogP contribution is 2.31. The smallest absolute Gasteiger partial charge is 0.387 e. The molecule has 34 heavy (non-hydrogen) atoms. The molecule has 2 aromatic heterocycles. The van der Waals surface area contributed by atoms with Crippen LogP contribution in [0.2, 0.25) is 0 Å². The third-order valence-corrected chi connectivity index (χ3v) is 6.31. The van der Waals surface area contributed by atoms with E-state index in [1.807, 2.05) is 60.3 Å². The summed E-state index contributed by atoms with van der Waals surface area (Å²) < 4.78 is 36.9. The lowest BCUT2D eigenvalue weighted by Gasteiger charge is -2.31. The number of aryl methyl sites for hydroxylation is 1. The van der Waals surface area contributed by atoms with Gasteiger partial charge < -0.3 is 9.15 Å². The van der Waals surface area contributed by atoms with Crippen LogP contribution in [0.4, 0.5) is 8.78 Å². The number of aromatic nitrogens is 3. The predicted molar refractivity (Wildman–Crippen MR) is 124 cm³/mol. The first-order valence-corrected chi connectivity index (χ1v) is 11.4. The fourth-order valence-corrected chi connectivity index (χ4v) is 4.43. The van der Waals surface area contributed by atoms with Gasteiger partial charge in [-0.25, -0.2) is 9.67 Å². The van der Waals surface area contributed by atoms with Gasteiger partial charge in [-0.3, -0.25) is 4.90 Å². The number of nitrogens with zero attached hydrogens (tertiary/aromatic N) is 4. The number of oxazole rings is 1. The minimum Gasteiger partial charge on any atom is -0.441 e. The Morgan fingerprint density at radius 1 is 1.06 bits per heavy atom. The van der Waals surface area contributed by atoms with Crippen LogP contribution in [-0.4, -0.2) is 39.4 Å². The summed E-state index contributed by atoms with van der Waals surface area (Å²) in [6, 6.07) is 16.9. The number of ether oxygens (including phenoxy) is 1. The predicted octanol–water partition coefficient (Wildman–Crippen LogP) is 5.82. The van der Waals surface area contributed by atoms with Gasteiger partial charge in [0.25, 0.3) is 0 Å². The van der Waals surface area contributed by atoms with E-state index in [4.69, 9.17) is 9.40 Å². The Labute approximate surface area is 196 Å². The van der Waals surface area contributed by atoms with Gasteiger partial charge in [0.1, 0.15) is 11.5 Å². The van der Waals surface area contributed by atoms with Crippen molar-refractivity contribution >= 4 is 0 Å². The molecule has 0 atom stereocenters. The number of benzene rings is 2. The fraction of sp³-hybridized carbons (Fsp3) is 0.308. The molecular formula is C26H26F2N4O2. The summed E-state index contributed by atoms with van der Waals surface area (Å²) in [5.41, 5.74) is 4.04. The van der Waals surface area contributed by atoms with Crippen LogP contribution in [0.15, 0.2) is 71.4 Å². The zero-order valence-electron chi connectivity index (χ0n) is 18.9. The minimum absolute atomic E-state index is 0.199. The quantitative estimate of drug-likeness (QED) is 0.345. The second-order valence-corrected chi connectivity index (χ2v) is 8.52. The molecule has 2 aromatic carbocycles. The summed E-state index contributed by atoms with van der Waals surface area (Å²) in [6.07, 6.45) is 5.67. The van der Waals surface area contributed by atoms with Crippen LogP contribution >= 0.6 is 0 Å². The van der Waals surface area contributed by atoms with Crippen LogP contribution in [0.25, 0.3) is 17.1 Å². The molecule has 0 amide bonds. The topological polar surface area (TPSA) is 56.3 Å². The number of piperidine rings is 1. The van der Waals surface area contributed by atoms with E-state index in [1.165, 1.54) is 5.56 Å². The molecule has 5 rings (SSSR count). The van der Waals surface area contributed by atoms with Gasteiger partial charge in [-0.15, -0.1) is 0 Å². The van der Waals surface area contributed by atoms with Crippen LogP contribution in [-0.2, 0) is 6.54 Å². The fourth-order valence-electron chi connectivity index (χ4n) is 4.43. The summed E-state index contributed by atoms with van der Waals surface area (Å²) in [6.45, 7) is 1.80. The van der Waals surface area contributed by atoms with Crippen molar-refractivity contribution < 1.29 is 17.9 Å². The summed E-state index contributed by atoms with van der Waals surface area (Å²) in [5.74, 6) is 2.08. The van der Waals surface area contributed by atoms with E-state index in [2.05, 4.69) is 14.7 Å². The lowest BCUT2D eigenvalue weighted by atomic mass is 9.89. The Morgan fingerprint density at radius 2 is 1.79 bits per heavy atom. The molecule has 8 heteroatoms. The van der Waals surface area contributed by atoms with Gasteiger partial charge in [0.05, 0.1) is 11.4 Å². The van der Waals surface area contributed by atoms with Crippen LogP contribution in [0.5, 0.6) is 5.75 Å². The van der Waals surface area contributed by atoms with Gasteiger partial charge in [-0.05, 0) is 86.8 Å². The van der Waals surface area contributed by atoms with E-state index < -0.39 is 6.61 Å². The van der Waals surface area contributed by atoms with Crippen molar-refractivity contribution in [2.45, 2.75) is 38.8 Å². The summed E-state index contributed by atoms with van der Waals surface area (Å²) in [5, 5.41) is 4.25. The van der Waals surface area contributed by atoms with Gasteiger partial charge in [-0.1, -0.05) is 12.1 Å². The number of hydrogen-bond acceptors (Lipinski definition) is 5. The van der Waals surface area contributed by atoms with Crippen molar-refractivity contribution in [1.82, 2.24) is 19.7 Å². The third kappa shape index (κ3) is 5.02. The largest absolute Gasteiger partial charge is 0.441 e. The molecule has 0 N–H and O–H groups in total. The maximum Gasteiger partial charge on any atom is 0.387 e. The molecule has 3 heterocycles. The number of alkyl halides is 2. The number of hydrogen-bond donors (Lipinski definition) is 0. The number of halogens is 2. The highest BCUT2D eigenvalue weighted by atomic mass is 19.3. The second-order valence-electron chi connectivity index (χ2n) is 8.52. The normalized spacial score (nSPS) is 15.2. The van der Waals surface area contributed by atoms with Crippen LogP contribution in [0, 0.1) is 6.92 Å². The van der Waals surface area contributed by atoms with Gasteiger partial charge in [0.2, 0.25) is 5.89 Å². The SMILES string of the molecule is Cc1oc(-c2ccc(-n3cccn3)cc2)nc1CN1CCC(c2ccc(OC(F)F)cc2)CC1. The number of likely N-dealkylation sites (tertiary alicyclic amines) is 1. The van der Waals surface area contributed by atoms with E-state index in [9.17, 15) is 8.78 Å². The first kappa shape index (κ1) is 22.3. The van der Waals surface area contributed by atoms with Gasteiger partial charge in [0, 0.05) is 24.5 Å². The molecule has 0 spiro atoms. The zero-order chi connectivity index (χ0) is 23.5. The molecule has 0 aliphatic carbocycles. The molecular weight excluding hydrogens is 438 g/mol. The Kier molecular flexibility index (Phi) is 6.40. The maximum absolute atomic E-state index is 12.4. The van der Waals surface area contributed by atoms with Gasteiger partial charge in [0.15, 0.2) is 0 Å². The Balaban J connectivity index is 1.18. The average Bonchev–Trinajstić information content (AvgIpc) is 3.51. The molecule has 1 saturated heterocycles. The van der Waals surface area contributed by atoms with Crippen molar-refractivity contribution in [1.29, 1.82) is 0 Å². The van der Waals surface area contributed by atoms with E-state index in [1.54, 1.807) is 18.3 Å². The lowest BCUT2D eigenvalue weighted by molar-refractivity contribution is -0.0498. The van der Waals surface area contributed by atoms with E-state index in [0.717, 1.165) is 55.2 Å². The van der Waals surface area contributed by atoms with Crippen molar-refractivity contribution in [3.63, 3.8) is 0 Å². The highest BCUT2D eigenvalue weighted by molar-refractivity contribution is 5.56. The monoisotopic (exact) mass is 464 g/mol. The zero-order valence-corrected chi connectivity index (χ0v) is 18.9. The Bertz CT molecular complexity index is 1200. The van der Waals surface area contributed by atoms with Crippen molar-refractivity contribution in [2.75, 3.05) is 13.1 Å². The van der Waals surface area contributed by atoms with Gasteiger partial charge >= 0.3 is 6.61 Å². The second kappa shape index (κ2) is 9.77. The molecule has 1 aliphatic heterocycles. The molecule has 6 nitrogen and oxygen atoms in total. The maximum atomic E-state index is 12.4. The number of rotatable bonds is 7. The van der Waals surface area contributed by atoms with E-state index in [0.29, 0.717) is 11.8 Å². The molecule has 1 fully saturated rings. The van der Waals surface area contributed by atoms with Gasteiger partial charge in [-0.2, -0.15) is 13.9 Å². The molecule has 1 aliphatic rings. The van der Waals surface area contributed by atoms with E-state index in [-0.39, 0.29) is 5.75 Å². The van der Waals surface area contributed by atoms with Crippen molar-refractivity contribution in [3.05, 3.63) is 84.0 Å². The van der Waals surface area contributed by atoms with Crippen LogP contribution < -0.4 is 4.74 Å². The molecule has 0 bridgehead atoms. The molecule has 0 saturated carbocycles. The Morgan fingerprint density at radius 3 is 2.44 bits per heavy atom. The summed E-state index contributed by atoms with van der Waals surface area (Å²) in [4.78, 5) is 7.16.